The summed E-state index contributed by atoms with van der Waals surface area (Å²) in [6.45, 7) is 6.57. The van der Waals surface area contributed by atoms with Gasteiger partial charge in [-0.3, -0.25) is 14.5 Å². The molecule has 4 atom stereocenters. The van der Waals surface area contributed by atoms with Crippen LogP contribution in [0.15, 0.2) is 36.4 Å². The lowest BCUT2D eigenvalue weighted by Gasteiger charge is -2.30. The van der Waals surface area contributed by atoms with Gasteiger partial charge in [0.05, 0.1) is 37.6 Å². The molecule has 2 N–H and O–H groups in total. The number of carbonyl (C=O) groups is 3. The van der Waals surface area contributed by atoms with E-state index in [2.05, 4.69) is 12.2 Å². The van der Waals surface area contributed by atoms with Crippen LogP contribution < -0.4 is 9.80 Å². The second-order valence-corrected chi connectivity index (χ2v) is 9.44. The number of ether oxygens (including phenoxy) is 1. The van der Waals surface area contributed by atoms with Crippen molar-refractivity contribution in [3.8, 4) is 0 Å². The van der Waals surface area contributed by atoms with Crippen LogP contribution in [-0.2, 0) is 20.9 Å². The minimum absolute atomic E-state index is 0.0749. The summed E-state index contributed by atoms with van der Waals surface area (Å²) in [4.78, 5) is 41.8. The van der Waals surface area contributed by atoms with Gasteiger partial charge in [-0.25, -0.2) is 4.79 Å². The first-order chi connectivity index (χ1) is 15.0. The number of nitrogens with zero attached hydrogens (tertiary/aromatic N) is 1. The fraction of sp³-hybridized carbons (Fsp3) is 0.542. The fourth-order valence-electron chi connectivity index (χ4n) is 6.00. The topological polar surface area (TPSA) is 72.6 Å². The third-order valence-corrected chi connectivity index (χ3v) is 7.74. The van der Waals surface area contributed by atoms with Crippen LogP contribution in [0.1, 0.15) is 22.3 Å². The summed E-state index contributed by atoms with van der Waals surface area (Å²) in [5, 5.41) is 0. The SMILES string of the molecule is COC(=O)c1ccc(C[NH+]2CC[NH+](CCN3C(=O)[C@@H]4[C@@H](C3=O)[C@H]3C=C[C@@H]4C3)CC2)cc1. The number of benzene rings is 1. The molecule has 1 saturated carbocycles. The first kappa shape index (κ1) is 20.4. The maximum absolute atomic E-state index is 12.8. The quantitative estimate of drug-likeness (QED) is 0.333. The Bertz CT molecular complexity index is 874. The van der Waals surface area contributed by atoms with E-state index in [9.17, 15) is 14.4 Å². The van der Waals surface area contributed by atoms with Gasteiger partial charge < -0.3 is 14.5 Å². The van der Waals surface area contributed by atoms with E-state index in [1.807, 2.05) is 24.3 Å². The number of quaternary nitrogens is 2. The number of rotatable bonds is 6. The highest BCUT2D eigenvalue weighted by molar-refractivity contribution is 6.06. The van der Waals surface area contributed by atoms with E-state index < -0.39 is 0 Å². The molecule has 5 rings (SSSR count). The van der Waals surface area contributed by atoms with Gasteiger partial charge in [0.15, 0.2) is 0 Å². The Labute approximate surface area is 182 Å². The van der Waals surface area contributed by atoms with Gasteiger partial charge in [0, 0.05) is 5.56 Å². The molecule has 2 heterocycles. The molecule has 0 aromatic heterocycles. The average molecular weight is 426 g/mol. The summed E-state index contributed by atoms with van der Waals surface area (Å²) in [6, 6.07) is 7.65. The van der Waals surface area contributed by atoms with Crippen molar-refractivity contribution in [1.29, 1.82) is 0 Å². The fourth-order valence-corrected chi connectivity index (χ4v) is 6.00. The number of esters is 1. The van der Waals surface area contributed by atoms with Gasteiger partial charge in [0.1, 0.15) is 32.7 Å². The van der Waals surface area contributed by atoms with E-state index >= 15 is 0 Å². The molecular formula is C24H31N3O4+2. The van der Waals surface area contributed by atoms with E-state index in [0.29, 0.717) is 12.1 Å². The van der Waals surface area contributed by atoms with Crippen molar-refractivity contribution >= 4 is 17.8 Å². The molecule has 2 aliphatic carbocycles. The largest absolute Gasteiger partial charge is 0.465 e. The molecule has 7 nitrogen and oxygen atoms in total. The molecule has 7 heteroatoms. The summed E-state index contributed by atoms with van der Waals surface area (Å²) < 4.78 is 4.75. The predicted octanol–water partition coefficient (Wildman–Crippen LogP) is -1.44. The van der Waals surface area contributed by atoms with E-state index in [4.69, 9.17) is 4.74 Å². The van der Waals surface area contributed by atoms with Crippen molar-refractivity contribution < 1.29 is 28.9 Å². The summed E-state index contributed by atoms with van der Waals surface area (Å²) in [5.74, 6) is 0.263. The van der Waals surface area contributed by atoms with E-state index in [1.165, 1.54) is 22.5 Å². The van der Waals surface area contributed by atoms with Crippen LogP contribution in [0.25, 0.3) is 0 Å². The molecule has 1 aromatic rings. The molecule has 3 fully saturated rings. The maximum atomic E-state index is 12.8. The average Bonchev–Trinajstić information content (AvgIpc) is 3.48. The predicted molar refractivity (Wildman–Crippen MR) is 112 cm³/mol. The van der Waals surface area contributed by atoms with Crippen LogP contribution in [0.4, 0.5) is 0 Å². The minimum atomic E-state index is -0.307. The highest BCUT2D eigenvalue weighted by Gasteiger charge is 2.59. The second kappa shape index (κ2) is 8.20. The number of carbonyl (C=O) groups excluding carboxylic acids is 3. The molecule has 2 aliphatic heterocycles. The number of fused-ring (bicyclic) bond motifs is 5. The van der Waals surface area contributed by atoms with Gasteiger partial charge in [-0.05, 0) is 30.4 Å². The van der Waals surface area contributed by atoms with Crippen molar-refractivity contribution in [3.05, 3.63) is 47.5 Å². The Hall–Kier alpha value is -2.51. The number of imide groups is 1. The van der Waals surface area contributed by atoms with Crippen LogP contribution in [-0.4, -0.2) is 69.1 Å². The molecule has 4 aliphatic rings. The van der Waals surface area contributed by atoms with Crippen molar-refractivity contribution in [2.24, 2.45) is 23.7 Å². The molecule has 2 saturated heterocycles. The van der Waals surface area contributed by atoms with Crippen LogP contribution in [0.2, 0.25) is 0 Å². The lowest BCUT2D eigenvalue weighted by atomic mass is 9.85. The van der Waals surface area contributed by atoms with Crippen molar-refractivity contribution in [1.82, 2.24) is 4.90 Å². The number of allylic oxidation sites excluding steroid dienone is 2. The number of likely N-dealkylation sites (tertiary alicyclic amines) is 1. The molecule has 164 valence electrons. The molecule has 1 aromatic carbocycles. The normalized spacial score (nSPS) is 33.8. The number of amides is 2. The van der Waals surface area contributed by atoms with Gasteiger partial charge in [-0.1, -0.05) is 24.3 Å². The highest BCUT2D eigenvalue weighted by atomic mass is 16.5. The van der Waals surface area contributed by atoms with Crippen molar-refractivity contribution in [3.63, 3.8) is 0 Å². The highest BCUT2D eigenvalue weighted by Crippen LogP contribution is 2.52. The van der Waals surface area contributed by atoms with Gasteiger partial charge in [0.25, 0.3) is 0 Å². The zero-order valence-corrected chi connectivity index (χ0v) is 18.0. The van der Waals surface area contributed by atoms with Crippen molar-refractivity contribution in [2.45, 2.75) is 13.0 Å². The molecular weight excluding hydrogens is 394 g/mol. The number of methoxy groups -OCH3 is 1. The van der Waals surface area contributed by atoms with E-state index in [0.717, 1.165) is 45.7 Å². The van der Waals surface area contributed by atoms with E-state index in [-0.39, 0.29) is 41.5 Å². The summed E-state index contributed by atoms with van der Waals surface area (Å²) >= 11 is 0. The van der Waals surface area contributed by atoms with Gasteiger partial charge in [0.2, 0.25) is 11.8 Å². The minimum Gasteiger partial charge on any atom is -0.465 e. The zero-order chi connectivity index (χ0) is 21.5. The van der Waals surface area contributed by atoms with Crippen molar-refractivity contribution in [2.75, 3.05) is 46.4 Å². The second-order valence-electron chi connectivity index (χ2n) is 9.44. The number of nitrogens with one attached hydrogen (secondary N) is 2. The van der Waals surface area contributed by atoms with Crippen LogP contribution in [0.5, 0.6) is 0 Å². The summed E-state index contributed by atoms with van der Waals surface area (Å²) in [7, 11) is 1.39. The number of hydrogen-bond donors (Lipinski definition) is 2. The smallest absolute Gasteiger partial charge is 0.337 e. The van der Waals surface area contributed by atoms with Crippen LogP contribution in [0.3, 0.4) is 0 Å². The third-order valence-electron chi connectivity index (χ3n) is 7.74. The lowest BCUT2D eigenvalue weighted by Crippen LogP contribution is -3.27. The first-order valence-electron chi connectivity index (χ1n) is 11.4. The van der Waals surface area contributed by atoms with E-state index in [1.54, 1.807) is 4.90 Å². The first-order valence-corrected chi connectivity index (χ1v) is 11.4. The summed E-state index contributed by atoms with van der Waals surface area (Å²) in [5.41, 5.74) is 1.79. The standard InChI is InChI=1S/C24H29N3O4/c1-31-24(30)17-4-2-16(3-5-17)15-26-10-8-25(9-11-26)12-13-27-22(28)20-18-6-7-19(14-18)21(20)23(27)29/h2-7,18-21H,8-15H2,1H3/p+2/t18-,19+,20-,21-/m0/s1. The number of piperazine rings is 1. The third kappa shape index (κ3) is 3.70. The number of hydrogen-bond acceptors (Lipinski definition) is 4. The Balaban J connectivity index is 1.08. The molecule has 2 amide bonds. The van der Waals surface area contributed by atoms with Crippen LogP contribution >= 0.6 is 0 Å². The van der Waals surface area contributed by atoms with Gasteiger partial charge >= 0.3 is 5.97 Å². The van der Waals surface area contributed by atoms with Gasteiger partial charge in [-0.15, -0.1) is 0 Å². The lowest BCUT2D eigenvalue weighted by molar-refractivity contribution is -1.02. The Morgan fingerprint density at radius 3 is 2.13 bits per heavy atom. The molecule has 0 unspecified atom stereocenters. The van der Waals surface area contributed by atoms with Crippen LogP contribution in [0, 0.1) is 23.7 Å². The Morgan fingerprint density at radius 1 is 0.968 bits per heavy atom. The Kier molecular flexibility index (Phi) is 5.40. The molecule has 2 bridgehead atoms. The Morgan fingerprint density at radius 2 is 1.55 bits per heavy atom. The molecule has 31 heavy (non-hydrogen) atoms. The molecule has 0 spiro atoms. The monoisotopic (exact) mass is 425 g/mol. The van der Waals surface area contributed by atoms with Gasteiger partial charge in [-0.2, -0.15) is 0 Å². The zero-order valence-electron chi connectivity index (χ0n) is 18.0. The molecule has 0 radical (unpaired) electrons. The maximum Gasteiger partial charge on any atom is 0.337 e. The summed E-state index contributed by atoms with van der Waals surface area (Å²) in [6.07, 6.45) is 5.29.